The zero-order valence-corrected chi connectivity index (χ0v) is 82.5. The maximum Gasteiger partial charge on any atom is 0.276 e. The number of piperazine rings is 3. The predicted molar refractivity (Wildman–Crippen MR) is 522 cm³/mol. The van der Waals surface area contributed by atoms with E-state index < -0.39 is 135 Å². The number of aromatic nitrogens is 9. The molecular weight excluding hydrogens is 1970 g/mol. The fraction of sp³-hybridized carbons (Fsp3) is 0.303. The van der Waals surface area contributed by atoms with Gasteiger partial charge in [-0.25, -0.2) is 54.5 Å². The highest BCUT2D eigenvalue weighted by Gasteiger charge is 2.43. The van der Waals surface area contributed by atoms with Gasteiger partial charge in [0.2, 0.25) is 17.7 Å². The molecule has 9 aromatic heterocycles. The predicted octanol–water partition coefficient (Wildman–Crippen LogP) is 20.4. The number of aryl methyl sites for hydroxylation is 3. The van der Waals surface area contributed by atoms with Gasteiger partial charge in [-0.15, -0.1) is 0 Å². The van der Waals surface area contributed by atoms with E-state index in [1.807, 2.05) is 101 Å². The zero-order chi connectivity index (χ0) is 104. The summed E-state index contributed by atoms with van der Waals surface area (Å²) < 4.78 is 138. The first-order valence-electron chi connectivity index (χ1n) is 43.7. The topological polar surface area (TPSA) is 346 Å². The molecule has 15 rings (SSSR count). The Balaban J connectivity index is 0.000000178. The maximum atomic E-state index is 15.4. The van der Waals surface area contributed by atoms with E-state index in [0.29, 0.717) is 50.8 Å². The van der Waals surface area contributed by atoms with Crippen LogP contribution in [-0.2, 0) is 14.4 Å². The van der Waals surface area contributed by atoms with E-state index in [4.69, 9.17) is 69.6 Å². The molecule has 6 atom stereocenters. The highest BCUT2D eigenvalue weighted by atomic mass is 35.5. The Kier molecular flexibility index (Phi) is 30.3. The molecule has 0 aliphatic carbocycles. The molecule has 0 spiro atoms. The van der Waals surface area contributed by atoms with Crippen LogP contribution in [0.4, 0.5) is 56.6 Å². The molecule has 3 aromatic carbocycles. The Morgan fingerprint density at radius 3 is 0.787 bits per heavy atom. The second-order valence-electron chi connectivity index (χ2n) is 35.1. The Labute approximate surface area is 830 Å². The van der Waals surface area contributed by atoms with Crippen LogP contribution in [-0.4, -0.2) is 167 Å². The summed E-state index contributed by atoms with van der Waals surface area (Å²) in [6.45, 7) is 39.1. The number of amides is 3. The van der Waals surface area contributed by atoms with E-state index in [1.54, 1.807) is 87.0 Å². The van der Waals surface area contributed by atoms with E-state index in [-0.39, 0.29) is 193 Å². The first-order valence-corrected chi connectivity index (χ1v) is 45.9. The van der Waals surface area contributed by atoms with Crippen molar-refractivity contribution in [2.75, 3.05) is 54.0 Å². The Bertz CT molecular complexity index is 6870. The zero-order valence-electron chi connectivity index (χ0n) is 78.0. The third-order valence-corrected chi connectivity index (χ3v) is 26.6. The number of aromatic hydroxyl groups is 3. The molecule has 3 N–H and O–H groups in total. The lowest BCUT2D eigenvalue weighted by Crippen LogP contribution is -2.58. The van der Waals surface area contributed by atoms with E-state index in [0.717, 1.165) is 13.7 Å². The third-order valence-electron chi connectivity index (χ3n) is 24.8. The van der Waals surface area contributed by atoms with Gasteiger partial charge in [0.1, 0.15) is 66.9 Å². The van der Waals surface area contributed by atoms with Crippen LogP contribution < -0.4 is 31.4 Å². The fourth-order valence-electron chi connectivity index (χ4n) is 18.7. The molecule has 0 unspecified atom stereocenters. The van der Waals surface area contributed by atoms with Crippen molar-refractivity contribution < 1.29 is 69.2 Å². The molecule has 0 bridgehead atoms. The minimum absolute atomic E-state index is 0.152. The smallest absolute Gasteiger partial charge is 0.276 e. The van der Waals surface area contributed by atoms with Crippen LogP contribution in [0, 0.1) is 107 Å². The molecule has 12 aromatic rings. The van der Waals surface area contributed by atoms with E-state index in [2.05, 4.69) is 49.6 Å². The summed E-state index contributed by atoms with van der Waals surface area (Å²) in [5.41, 5.74) is -3.89. The van der Waals surface area contributed by atoms with Crippen molar-refractivity contribution in [2.24, 2.45) is 0 Å². The Morgan fingerprint density at radius 2 is 0.596 bits per heavy atom. The van der Waals surface area contributed by atoms with Gasteiger partial charge in [-0.05, 0) is 151 Å². The molecule has 27 nitrogen and oxygen atoms in total. The highest BCUT2D eigenvalue weighted by Crippen LogP contribution is 2.50. The van der Waals surface area contributed by atoms with Gasteiger partial charge in [0.05, 0.1) is 100 Å². The number of anilines is 3. The second kappa shape index (κ2) is 40.8. The van der Waals surface area contributed by atoms with Crippen molar-refractivity contribution in [3.8, 4) is 86.3 Å². The summed E-state index contributed by atoms with van der Waals surface area (Å²) in [6, 6.07) is 12.7. The van der Waals surface area contributed by atoms with Gasteiger partial charge in [-0.1, -0.05) is 131 Å². The number of carbonyl (C=O) groups is 3. The summed E-state index contributed by atoms with van der Waals surface area (Å²) in [5.74, 6) is -20.8. The molecule has 3 fully saturated rings. The lowest BCUT2D eigenvalue weighted by atomic mass is 10.0. The first kappa shape index (κ1) is 105. The summed E-state index contributed by atoms with van der Waals surface area (Å²) in [5, 5.41) is 58.8. The number of halogens is 15. The number of fused-ring (bicyclic) bond motifs is 3. The second-order valence-corrected chi connectivity index (χ2v) is 37.5. The molecule has 3 amide bonds. The average molecular weight is 2060 g/mol. The molecule has 732 valence electrons. The standard InChI is InChI=1S/3C33H29Cl2F3N6O3/c3*1-7-21(45)43-16(5)12-42(13-17(43)6)30-18-10-20(34)28(22-24(36)25(37)23(35)26(38)31(22)46)41-32(18)44(33(47)19(30)11-39)29-15(4)8-9-40-27(29)14(2)3/h3*7-10,14,16-17,46H,1,12-13H2,2-6H3/t3*16-,17+. The average Bonchev–Trinajstić information content (AvgIpc) is 0.725. The monoisotopic (exact) mass is 2050 g/mol. The van der Waals surface area contributed by atoms with Crippen LogP contribution in [0.25, 0.3) is 83.9 Å². The number of hydrogen-bond donors (Lipinski definition) is 3. The van der Waals surface area contributed by atoms with E-state index >= 15 is 13.2 Å². The number of carbonyl (C=O) groups excluding carboxylic acids is 3. The van der Waals surface area contributed by atoms with Crippen molar-refractivity contribution >= 4 is 137 Å². The molecule has 3 saturated heterocycles. The van der Waals surface area contributed by atoms with Crippen LogP contribution >= 0.6 is 69.6 Å². The highest BCUT2D eigenvalue weighted by molar-refractivity contribution is 6.36. The maximum absolute atomic E-state index is 15.4. The van der Waals surface area contributed by atoms with Gasteiger partial charge in [-0.3, -0.25) is 57.4 Å². The Morgan fingerprint density at radius 1 is 0.383 bits per heavy atom. The Hall–Kier alpha value is -13.8. The SMILES string of the molecule is C=CC(=O)N1[C@H](C)CN(c2c(C#N)c(=O)n(-c3c(C)ccnc3C(C)C)c3nc(-c4c(O)c(F)c(Cl)c(F)c4F)c(Cl)cc23)C[C@@H]1C.C=CC(=O)N1[C@H](C)CN(c2c(C#N)c(=O)n(-c3c(C)ccnc3C(C)C)c3nc(-c4c(O)c(F)c(Cl)c(F)c4F)c(Cl)cc23)C[C@@H]1C.C=CC(=O)N1[C@H](C)CN(c2c(C#N)c(=O)n(-c3c(C)ccnc3C(C)C)c3nc(-c4c(O)c(F)c(Cl)c(F)c4F)c(Cl)cc23)C[C@@H]1C. The van der Waals surface area contributed by atoms with Crippen LogP contribution in [0.15, 0.2) is 107 Å². The van der Waals surface area contributed by atoms with Crippen molar-refractivity contribution in [1.82, 2.24) is 58.3 Å². The summed E-state index contributed by atoms with van der Waals surface area (Å²) in [4.78, 5) is 118. The number of pyridine rings is 9. The van der Waals surface area contributed by atoms with E-state index in [1.165, 1.54) is 36.4 Å². The minimum Gasteiger partial charge on any atom is -0.504 e. The quantitative estimate of drug-likeness (QED) is 0.0371. The summed E-state index contributed by atoms with van der Waals surface area (Å²) >= 11 is 36.6. The number of phenolic OH excluding ortho intramolecular Hbond substituents is 3. The minimum atomic E-state index is -1.77. The number of benzene rings is 3. The van der Waals surface area contributed by atoms with Gasteiger partial charge in [0, 0.05) is 110 Å². The largest absolute Gasteiger partial charge is 0.504 e. The fourth-order valence-corrected chi connectivity index (χ4v) is 20.0. The number of nitriles is 3. The summed E-state index contributed by atoms with van der Waals surface area (Å²) in [7, 11) is 0. The molecular formula is C99H87Cl6F9N18O9. The number of nitrogens with zero attached hydrogens (tertiary/aromatic N) is 18. The van der Waals surface area contributed by atoms with E-state index in [9.17, 15) is 86.2 Å². The van der Waals surface area contributed by atoms with Gasteiger partial charge in [0.15, 0.2) is 69.6 Å². The van der Waals surface area contributed by atoms with Crippen molar-refractivity contribution in [3.63, 3.8) is 0 Å². The molecule has 3 aliphatic rings. The van der Waals surface area contributed by atoms with Crippen LogP contribution in [0.3, 0.4) is 0 Å². The number of phenols is 3. The molecule has 0 saturated carbocycles. The normalized spacial score (nSPS) is 16.6. The summed E-state index contributed by atoms with van der Waals surface area (Å²) in [6.07, 6.45) is 8.34. The lowest BCUT2D eigenvalue weighted by Gasteiger charge is -2.45. The third kappa shape index (κ3) is 18.1. The number of hydrogen-bond acceptors (Lipinski definition) is 21. The molecule has 141 heavy (non-hydrogen) atoms. The van der Waals surface area contributed by atoms with Crippen molar-refractivity contribution in [1.29, 1.82) is 15.8 Å². The van der Waals surface area contributed by atoms with Crippen LogP contribution in [0.2, 0.25) is 30.1 Å². The first-order chi connectivity index (χ1) is 66.5. The van der Waals surface area contributed by atoms with Crippen LogP contribution in [0.1, 0.15) is 151 Å². The lowest BCUT2D eigenvalue weighted by molar-refractivity contribution is -0.131. The molecule has 42 heteroatoms. The molecule has 12 heterocycles. The van der Waals surface area contributed by atoms with Gasteiger partial charge < -0.3 is 44.7 Å². The van der Waals surface area contributed by atoms with Gasteiger partial charge in [-0.2, -0.15) is 15.8 Å². The molecule has 3 aliphatic heterocycles. The van der Waals surface area contributed by atoms with Crippen LogP contribution in [0.5, 0.6) is 17.2 Å². The molecule has 0 radical (unpaired) electrons. The van der Waals surface area contributed by atoms with Gasteiger partial charge in [0.25, 0.3) is 16.7 Å². The van der Waals surface area contributed by atoms with Crippen molar-refractivity contribution in [3.05, 3.63) is 257 Å². The van der Waals surface area contributed by atoms with Crippen molar-refractivity contribution in [2.45, 2.75) is 158 Å². The van der Waals surface area contributed by atoms with Gasteiger partial charge >= 0.3 is 0 Å². The number of rotatable bonds is 15.